The van der Waals surface area contributed by atoms with Gasteiger partial charge in [-0.25, -0.2) is 0 Å². The Kier molecular flexibility index (Phi) is 3.28. The van der Waals surface area contributed by atoms with Crippen LogP contribution >= 0.6 is 61.7 Å². The highest BCUT2D eigenvalue weighted by Crippen LogP contribution is 2.32. The zero-order chi connectivity index (χ0) is 7.72. The largest absolute Gasteiger partial charge is 0.0827 e. The van der Waals surface area contributed by atoms with E-state index in [2.05, 4.69) is 38.5 Å². The van der Waals surface area contributed by atoms with Gasteiger partial charge in [0, 0.05) is 8.04 Å². The molecular weight excluding hydrogens is 350 g/mol. The molecule has 0 aliphatic heterocycles. The zero-order valence-electron chi connectivity index (χ0n) is 4.67. The average molecular weight is 352 g/mol. The van der Waals surface area contributed by atoms with Crippen molar-refractivity contribution in [1.29, 1.82) is 0 Å². The van der Waals surface area contributed by atoms with Gasteiger partial charge in [-0.05, 0) is 50.7 Å². The first-order valence-corrected chi connectivity index (χ1v) is 5.04. The van der Waals surface area contributed by atoms with Crippen LogP contribution in [-0.4, -0.2) is 0 Å². The van der Waals surface area contributed by atoms with Gasteiger partial charge in [0.05, 0.1) is 10.0 Å². The number of halogens is 4. The molecule has 0 bridgehead atoms. The van der Waals surface area contributed by atoms with Gasteiger partial charge >= 0.3 is 0 Å². The van der Waals surface area contributed by atoms with Gasteiger partial charge in [-0.2, -0.15) is 0 Å². The third-order valence-electron chi connectivity index (χ3n) is 0.988. The van der Waals surface area contributed by atoms with Gasteiger partial charge in [0.15, 0.2) is 0 Å². The molecule has 0 aliphatic carbocycles. The third-order valence-corrected chi connectivity index (χ3v) is 4.63. The normalized spacial score (nSPS) is 10.0. The molecule has 0 unspecified atom stereocenters. The maximum absolute atomic E-state index is 5.81. The zero-order valence-corrected chi connectivity index (χ0v) is 9.92. The molecule has 0 fully saturated rings. The van der Waals surface area contributed by atoms with Crippen molar-refractivity contribution >= 4 is 61.7 Å². The minimum absolute atomic E-state index is 0.592. The Morgan fingerprint density at radius 3 is 2.40 bits per heavy atom. The van der Waals surface area contributed by atoms with Crippen molar-refractivity contribution in [2.75, 3.05) is 0 Å². The van der Waals surface area contributed by atoms with E-state index in [0.29, 0.717) is 10.0 Å². The topological polar surface area (TPSA) is 0 Å². The SMILES string of the molecule is Clc1ccc(Br)c(I)c1Cl. The summed E-state index contributed by atoms with van der Waals surface area (Å²) < 4.78 is 1.93. The average Bonchev–Trinajstić information content (AvgIpc) is 1.93. The molecule has 1 aromatic rings. The highest BCUT2D eigenvalue weighted by molar-refractivity contribution is 14.1. The van der Waals surface area contributed by atoms with Crippen molar-refractivity contribution in [2.24, 2.45) is 0 Å². The van der Waals surface area contributed by atoms with Crippen molar-refractivity contribution in [3.63, 3.8) is 0 Å². The van der Waals surface area contributed by atoms with Crippen molar-refractivity contribution in [1.82, 2.24) is 0 Å². The van der Waals surface area contributed by atoms with E-state index in [4.69, 9.17) is 23.2 Å². The maximum atomic E-state index is 5.81. The van der Waals surface area contributed by atoms with Gasteiger partial charge in [-0.3, -0.25) is 0 Å². The Bertz CT molecular complexity index is 235. The Labute approximate surface area is 91.2 Å². The second-order valence-electron chi connectivity index (χ2n) is 1.66. The first-order valence-electron chi connectivity index (χ1n) is 2.42. The van der Waals surface area contributed by atoms with Crippen LogP contribution in [0.1, 0.15) is 0 Å². The fourth-order valence-electron chi connectivity index (χ4n) is 0.502. The van der Waals surface area contributed by atoms with E-state index in [0.717, 1.165) is 8.04 Å². The van der Waals surface area contributed by atoms with Crippen LogP contribution in [0.2, 0.25) is 10.0 Å². The first-order chi connectivity index (χ1) is 4.63. The van der Waals surface area contributed by atoms with Crippen molar-refractivity contribution in [3.05, 3.63) is 30.2 Å². The second kappa shape index (κ2) is 3.61. The standard InChI is InChI=1S/C6H2BrCl2I/c7-3-1-2-4(8)5(9)6(3)10/h1-2H. The lowest BCUT2D eigenvalue weighted by Crippen LogP contribution is -1.76. The minimum Gasteiger partial charge on any atom is -0.0827 e. The summed E-state index contributed by atoms with van der Waals surface area (Å²) in [5.74, 6) is 0. The molecule has 0 saturated heterocycles. The first kappa shape index (κ1) is 9.10. The summed E-state index contributed by atoms with van der Waals surface area (Å²) in [7, 11) is 0. The predicted octanol–water partition coefficient (Wildman–Crippen LogP) is 4.36. The van der Waals surface area contributed by atoms with Gasteiger partial charge in [0.2, 0.25) is 0 Å². The number of benzene rings is 1. The van der Waals surface area contributed by atoms with Gasteiger partial charge in [0.1, 0.15) is 0 Å². The van der Waals surface area contributed by atoms with Crippen LogP contribution in [0.25, 0.3) is 0 Å². The molecule has 0 atom stereocenters. The van der Waals surface area contributed by atoms with E-state index < -0.39 is 0 Å². The fraction of sp³-hybridized carbons (Fsp3) is 0. The smallest absolute Gasteiger partial charge is 0.0737 e. The van der Waals surface area contributed by atoms with Gasteiger partial charge < -0.3 is 0 Å². The highest BCUT2D eigenvalue weighted by Gasteiger charge is 2.04. The van der Waals surface area contributed by atoms with E-state index in [1.54, 1.807) is 6.07 Å². The lowest BCUT2D eigenvalue weighted by Gasteiger charge is -1.99. The van der Waals surface area contributed by atoms with E-state index in [1.165, 1.54) is 0 Å². The van der Waals surface area contributed by atoms with Gasteiger partial charge in [-0.15, -0.1) is 0 Å². The fourth-order valence-corrected chi connectivity index (χ4v) is 1.90. The van der Waals surface area contributed by atoms with Crippen molar-refractivity contribution < 1.29 is 0 Å². The van der Waals surface area contributed by atoms with Crippen LogP contribution in [-0.2, 0) is 0 Å². The van der Waals surface area contributed by atoms with Crippen LogP contribution in [0.5, 0.6) is 0 Å². The Balaban J connectivity index is 3.34. The molecule has 4 heteroatoms. The Morgan fingerprint density at radius 2 is 1.90 bits per heavy atom. The molecule has 0 nitrogen and oxygen atoms in total. The predicted molar refractivity (Wildman–Crippen MR) is 56.9 cm³/mol. The molecule has 0 N–H and O–H groups in total. The molecule has 0 aliphatic rings. The molecule has 0 amide bonds. The molecule has 1 rings (SSSR count). The van der Waals surface area contributed by atoms with E-state index in [-0.39, 0.29) is 0 Å². The molecule has 0 aromatic heterocycles. The molecule has 1 aromatic carbocycles. The highest BCUT2D eigenvalue weighted by atomic mass is 127. The van der Waals surface area contributed by atoms with Crippen molar-refractivity contribution in [3.8, 4) is 0 Å². The second-order valence-corrected chi connectivity index (χ2v) is 4.38. The summed E-state index contributed by atoms with van der Waals surface area (Å²) in [6.07, 6.45) is 0. The lowest BCUT2D eigenvalue weighted by molar-refractivity contribution is 1.58. The summed E-state index contributed by atoms with van der Waals surface area (Å²) in [6, 6.07) is 3.63. The van der Waals surface area contributed by atoms with Gasteiger partial charge in [0.25, 0.3) is 0 Å². The number of hydrogen-bond acceptors (Lipinski definition) is 0. The van der Waals surface area contributed by atoms with Crippen LogP contribution in [0.3, 0.4) is 0 Å². The number of hydrogen-bond donors (Lipinski definition) is 0. The van der Waals surface area contributed by atoms with Crippen LogP contribution in [0.4, 0.5) is 0 Å². The monoisotopic (exact) mass is 350 g/mol. The molecule has 0 radical (unpaired) electrons. The number of rotatable bonds is 0. The molecule has 10 heavy (non-hydrogen) atoms. The summed E-state index contributed by atoms with van der Waals surface area (Å²) in [6.45, 7) is 0. The van der Waals surface area contributed by atoms with E-state index in [9.17, 15) is 0 Å². The van der Waals surface area contributed by atoms with Gasteiger partial charge in [-0.1, -0.05) is 23.2 Å². The Hall–Kier alpha value is 1.01. The molecule has 0 heterocycles. The maximum Gasteiger partial charge on any atom is 0.0737 e. The lowest BCUT2D eigenvalue weighted by atomic mass is 10.4. The van der Waals surface area contributed by atoms with E-state index >= 15 is 0 Å². The summed E-state index contributed by atoms with van der Waals surface area (Å²) in [5.41, 5.74) is 0. The molecule has 0 saturated carbocycles. The Morgan fingerprint density at radius 1 is 1.30 bits per heavy atom. The molecule has 54 valence electrons. The van der Waals surface area contributed by atoms with Crippen LogP contribution in [0, 0.1) is 3.57 Å². The molecular formula is C6H2BrCl2I. The van der Waals surface area contributed by atoms with E-state index in [1.807, 2.05) is 6.07 Å². The molecule has 0 spiro atoms. The van der Waals surface area contributed by atoms with Crippen LogP contribution < -0.4 is 0 Å². The summed E-state index contributed by atoms with van der Waals surface area (Å²) >= 11 is 17.0. The summed E-state index contributed by atoms with van der Waals surface area (Å²) in [5, 5.41) is 1.20. The summed E-state index contributed by atoms with van der Waals surface area (Å²) in [4.78, 5) is 0. The third kappa shape index (κ3) is 1.78. The van der Waals surface area contributed by atoms with Crippen LogP contribution in [0.15, 0.2) is 16.6 Å². The quantitative estimate of drug-likeness (QED) is 0.370. The van der Waals surface area contributed by atoms with Crippen molar-refractivity contribution in [2.45, 2.75) is 0 Å². The minimum atomic E-state index is 0.592.